The number of phosphoric acid groups is 1. The minimum Gasteiger partial charge on any atom is -0.462 e. The number of hydrogen-bond acceptors (Lipinski definition) is 12. The number of allylic oxidation sites excluding steroid dienone is 12. The van der Waals surface area contributed by atoms with Crippen LogP contribution in [0.3, 0.4) is 0 Å². The van der Waals surface area contributed by atoms with E-state index in [1.54, 1.807) is 0 Å². The Balaban J connectivity index is 2.40. The molecule has 0 radical (unpaired) electrons. The van der Waals surface area contributed by atoms with Crippen LogP contribution in [0.1, 0.15) is 200 Å². The molecule has 0 bridgehead atoms. The van der Waals surface area contributed by atoms with Crippen molar-refractivity contribution in [2.75, 3.05) is 13.2 Å². The highest BCUT2D eigenvalue weighted by molar-refractivity contribution is 7.47. The van der Waals surface area contributed by atoms with Gasteiger partial charge in [0.2, 0.25) is 0 Å². The van der Waals surface area contributed by atoms with Crippen molar-refractivity contribution in [3.63, 3.8) is 0 Å². The average molecular weight is 981 g/mol. The summed E-state index contributed by atoms with van der Waals surface area (Å²) in [7, 11) is -5.13. The average Bonchev–Trinajstić information content (AvgIpc) is 3.32. The van der Waals surface area contributed by atoms with Gasteiger partial charge in [-0.25, -0.2) is 4.57 Å². The van der Waals surface area contributed by atoms with E-state index in [1.807, 2.05) is 0 Å². The van der Waals surface area contributed by atoms with Crippen molar-refractivity contribution in [1.82, 2.24) is 0 Å². The number of unbranched alkanes of at least 4 members (excludes halogenated alkanes) is 19. The summed E-state index contributed by atoms with van der Waals surface area (Å²) >= 11 is 0. The van der Waals surface area contributed by atoms with Crippen molar-refractivity contribution in [2.45, 2.75) is 243 Å². The van der Waals surface area contributed by atoms with Crippen molar-refractivity contribution in [2.24, 2.45) is 0 Å². The van der Waals surface area contributed by atoms with Crippen molar-refractivity contribution in [3.8, 4) is 0 Å². The third-order valence-corrected chi connectivity index (χ3v) is 12.8. The Hall–Kier alpha value is -2.71. The fourth-order valence-corrected chi connectivity index (χ4v) is 8.58. The largest absolute Gasteiger partial charge is 0.472 e. The van der Waals surface area contributed by atoms with E-state index >= 15 is 0 Å². The van der Waals surface area contributed by atoms with Crippen LogP contribution in [0.25, 0.3) is 0 Å². The lowest BCUT2D eigenvalue weighted by atomic mass is 9.85. The smallest absolute Gasteiger partial charge is 0.462 e. The van der Waals surface area contributed by atoms with Gasteiger partial charge in [-0.1, -0.05) is 177 Å². The monoisotopic (exact) mass is 981 g/mol. The lowest BCUT2D eigenvalue weighted by molar-refractivity contribution is -0.220. The van der Waals surface area contributed by atoms with Crippen molar-refractivity contribution >= 4 is 19.8 Å². The molecular weight excluding hydrogens is 888 g/mol. The van der Waals surface area contributed by atoms with E-state index in [9.17, 15) is 44.6 Å². The molecule has 1 aliphatic rings. The third-order valence-electron chi connectivity index (χ3n) is 11.8. The fraction of sp³-hybridized carbons (Fsp3) is 0.741. The number of carbonyl (C=O) groups excluding carboxylic acids is 2. The van der Waals surface area contributed by atoms with Gasteiger partial charge in [0.15, 0.2) is 6.10 Å². The van der Waals surface area contributed by atoms with Crippen LogP contribution in [0.4, 0.5) is 0 Å². The molecule has 0 saturated heterocycles. The number of aliphatic hydroxyl groups excluding tert-OH is 5. The Labute approximate surface area is 410 Å². The zero-order chi connectivity index (χ0) is 49.9. The highest BCUT2D eigenvalue weighted by Gasteiger charge is 2.51. The molecule has 6 unspecified atom stereocenters. The van der Waals surface area contributed by atoms with Gasteiger partial charge >= 0.3 is 19.8 Å². The number of esters is 2. The second-order valence-corrected chi connectivity index (χ2v) is 19.4. The number of aliphatic hydroxyl groups is 5. The second kappa shape index (κ2) is 43.1. The van der Waals surface area contributed by atoms with E-state index in [0.29, 0.717) is 12.8 Å². The van der Waals surface area contributed by atoms with Gasteiger partial charge in [0.05, 0.1) is 6.61 Å². The molecule has 0 aromatic carbocycles. The fourth-order valence-electron chi connectivity index (χ4n) is 7.60. The maximum absolute atomic E-state index is 12.9. The molecule has 6 atom stereocenters. The Bertz CT molecular complexity index is 1460. The normalized spacial score (nSPS) is 21.6. The van der Waals surface area contributed by atoms with Crippen LogP contribution in [-0.4, -0.2) is 98.3 Å². The molecule has 14 heteroatoms. The molecule has 6 N–H and O–H groups in total. The lowest BCUT2D eigenvalue weighted by Gasteiger charge is -2.41. The Kier molecular flexibility index (Phi) is 40.1. The van der Waals surface area contributed by atoms with E-state index in [2.05, 4.69) is 86.8 Å². The first kappa shape index (κ1) is 63.3. The summed E-state index contributed by atoms with van der Waals surface area (Å²) in [6.07, 6.45) is 42.2. The molecule has 0 spiro atoms. The van der Waals surface area contributed by atoms with Crippen LogP contribution < -0.4 is 0 Å². The maximum Gasteiger partial charge on any atom is 0.472 e. The van der Waals surface area contributed by atoms with E-state index in [0.717, 1.165) is 122 Å². The second-order valence-electron chi connectivity index (χ2n) is 18.0. The molecule has 0 aromatic heterocycles. The molecule has 68 heavy (non-hydrogen) atoms. The first-order chi connectivity index (χ1) is 32.9. The Morgan fingerprint density at radius 2 is 0.838 bits per heavy atom. The molecule has 0 amide bonds. The molecule has 1 fully saturated rings. The Morgan fingerprint density at radius 3 is 1.28 bits per heavy atom. The summed E-state index contributed by atoms with van der Waals surface area (Å²) in [4.78, 5) is 35.9. The third kappa shape index (κ3) is 34.6. The van der Waals surface area contributed by atoms with Crippen LogP contribution in [0.5, 0.6) is 0 Å². The molecule has 13 nitrogen and oxygen atoms in total. The van der Waals surface area contributed by atoms with Gasteiger partial charge in [0.25, 0.3) is 0 Å². The quantitative estimate of drug-likeness (QED) is 0.0146. The highest BCUT2D eigenvalue weighted by atomic mass is 31.2. The van der Waals surface area contributed by atoms with E-state index < -0.39 is 75.7 Å². The number of ether oxygens (including phenoxy) is 2. The molecule has 0 aliphatic heterocycles. The SMILES string of the molecule is CC/C=C\C/C=C\C/C=C\C/C=C\CCCCCCCCCCC(=O)OC(COC(=O)CCCCCCCCC/C=C\C/C=C\CCCCCC)COP(=O)(O)OC1C(O)C(O)C(O)C(O)C1O. The number of carbonyl (C=O) groups is 2. The maximum atomic E-state index is 12.9. The van der Waals surface area contributed by atoms with Gasteiger partial charge in [-0.2, -0.15) is 0 Å². The number of phosphoric ester groups is 1. The predicted octanol–water partition coefficient (Wildman–Crippen LogP) is 11.5. The zero-order valence-electron chi connectivity index (χ0n) is 41.9. The summed E-state index contributed by atoms with van der Waals surface area (Å²) < 4.78 is 33.7. The van der Waals surface area contributed by atoms with E-state index in [1.165, 1.54) is 38.5 Å². The zero-order valence-corrected chi connectivity index (χ0v) is 42.8. The minimum atomic E-state index is -5.13. The highest BCUT2D eigenvalue weighted by Crippen LogP contribution is 2.47. The minimum absolute atomic E-state index is 0.0821. The topological polar surface area (TPSA) is 210 Å². The number of rotatable bonds is 43. The summed E-state index contributed by atoms with van der Waals surface area (Å²) in [5.74, 6) is -1.12. The molecule has 0 aromatic rings. The van der Waals surface area contributed by atoms with E-state index in [-0.39, 0.29) is 12.8 Å². The van der Waals surface area contributed by atoms with Gasteiger partial charge < -0.3 is 39.9 Å². The summed E-state index contributed by atoms with van der Waals surface area (Å²) in [5, 5.41) is 50.3. The van der Waals surface area contributed by atoms with Gasteiger partial charge in [-0.3, -0.25) is 18.6 Å². The van der Waals surface area contributed by atoms with Gasteiger partial charge in [-0.05, 0) is 83.5 Å². The predicted molar refractivity (Wildman–Crippen MR) is 272 cm³/mol. The van der Waals surface area contributed by atoms with Crippen LogP contribution in [-0.2, 0) is 32.7 Å². The molecule has 392 valence electrons. The van der Waals surface area contributed by atoms with Crippen LogP contribution in [0.15, 0.2) is 72.9 Å². The van der Waals surface area contributed by atoms with Gasteiger partial charge in [0.1, 0.15) is 43.2 Å². The summed E-state index contributed by atoms with van der Waals surface area (Å²) in [5.41, 5.74) is 0. The Morgan fingerprint density at radius 1 is 0.471 bits per heavy atom. The standard InChI is InChI=1S/C54H93O13P/c1-3-5-7-9-11-13-15-17-19-21-23-24-25-27-29-31-33-35-37-39-41-43-48(56)66-46(45-65-68(62,63)67-54-52(60)50(58)49(57)51(59)53(54)61)44-64-47(55)42-40-38-36-34-32-30-28-26-22-20-18-16-14-12-10-8-6-4-2/h5,7,11,13-14,16-17,19-20,22-24,46,49-54,57-61H,3-4,6,8-10,12,15,18,21,25-45H2,1-2H3,(H,62,63)/b7-5-,13-11-,16-14-,19-17-,22-20-,24-23-. The molecule has 1 aliphatic carbocycles. The number of hydrogen-bond donors (Lipinski definition) is 6. The molecule has 1 saturated carbocycles. The van der Waals surface area contributed by atoms with Crippen LogP contribution in [0.2, 0.25) is 0 Å². The summed E-state index contributed by atoms with van der Waals surface area (Å²) in [6, 6.07) is 0. The van der Waals surface area contributed by atoms with Gasteiger partial charge in [-0.15, -0.1) is 0 Å². The summed E-state index contributed by atoms with van der Waals surface area (Å²) in [6.45, 7) is 3.18. The molecular formula is C54H93O13P. The lowest BCUT2D eigenvalue weighted by Crippen LogP contribution is -2.64. The van der Waals surface area contributed by atoms with Crippen molar-refractivity contribution in [3.05, 3.63) is 72.9 Å². The first-order valence-corrected chi connectivity index (χ1v) is 27.7. The van der Waals surface area contributed by atoms with Crippen molar-refractivity contribution in [1.29, 1.82) is 0 Å². The van der Waals surface area contributed by atoms with Crippen LogP contribution in [0, 0.1) is 0 Å². The molecule has 1 rings (SSSR count). The van der Waals surface area contributed by atoms with Crippen molar-refractivity contribution < 1.29 is 63.1 Å². The molecule has 0 heterocycles. The van der Waals surface area contributed by atoms with Gasteiger partial charge in [0, 0.05) is 12.8 Å². The first-order valence-electron chi connectivity index (χ1n) is 26.2. The van der Waals surface area contributed by atoms with E-state index in [4.69, 9.17) is 18.5 Å². The van der Waals surface area contributed by atoms with Crippen LogP contribution >= 0.6 is 7.82 Å².